The number of rotatable bonds is 2. The van der Waals surface area contributed by atoms with Crippen molar-refractivity contribution in [1.82, 2.24) is 0 Å². The van der Waals surface area contributed by atoms with Crippen LogP contribution in [-0.4, -0.2) is 0 Å². The van der Waals surface area contributed by atoms with Gasteiger partial charge in [-0.25, -0.2) is 0 Å². The lowest BCUT2D eigenvalue weighted by Crippen LogP contribution is -1.92. The van der Waals surface area contributed by atoms with Crippen LogP contribution in [-0.2, 0) is 0 Å². The van der Waals surface area contributed by atoms with Crippen molar-refractivity contribution in [3.63, 3.8) is 0 Å². The molecule has 0 aliphatic carbocycles. The molecule has 0 aliphatic rings. The molecule has 0 spiro atoms. The Morgan fingerprint density at radius 1 is 0.390 bits per heavy atom. The van der Waals surface area contributed by atoms with Gasteiger partial charge in [-0.05, 0) is 77.5 Å². The minimum Gasteiger partial charge on any atom is -0.456 e. The Balaban J connectivity index is 1.64. The summed E-state index contributed by atoms with van der Waals surface area (Å²) in [4.78, 5) is 0. The molecule has 1 heteroatoms. The molecule has 9 aromatic rings. The van der Waals surface area contributed by atoms with Gasteiger partial charge in [-0.2, -0.15) is 0 Å². The minimum atomic E-state index is -0.433. The highest BCUT2D eigenvalue weighted by atomic mass is 16.3. The second-order valence-electron chi connectivity index (χ2n) is 10.2. The summed E-state index contributed by atoms with van der Waals surface area (Å²) in [5.41, 5.74) is 2.96. The molecule has 1 aromatic heterocycles. The summed E-state index contributed by atoms with van der Waals surface area (Å²) in [5.74, 6) is 0. The number of furan rings is 1. The van der Waals surface area contributed by atoms with Gasteiger partial charge in [-0.3, -0.25) is 0 Å². The van der Waals surface area contributed by atoms with E-state index in [0.717, 1.165) is 26.9 Å². The predicted molar refractivity (Wildman–Crippen MR) is 175 cm³/mol. The van der Waals surface area contributed by atoms with Crippen molar-refractivity contribution in [2.75, 3.05) is 0 Å². The Bertz CT molecular complexity index is 2840. The van der Waals surface area contributed by atoms with Gasteiger partial charge >= 0.3 is 0 Å². The van der Waals surface area contributed by atoms with Crippen LogP contribution in [0.4, 0.5) is 0 Å². The molecule has 41 heavy (non-hydrogen) atoms. The van der Waals surface area contributed by atoms with E-state index in [9.17, 15) is 5.48 Å². The molecule has 0 saturated carbocycles. The average Bonchev–Trinajstić information content (AvgIpc) is 3.53. The molecule has 0 amide bonds. The normalized spacial score (nSPS) is 14.6. The van der Waals surface area contributed by atoms with E-state index in [0.29, 0.717) is 38.8 Å². The van der Waals surface area contributed by atoms with Gasteiger partial charge in [0.25, 0.3) is 0 Å². The van der Waals surface area contributed by atoms with E-state index in [4.69, 9.17) is 9.90 Å². The van der Waals surface area contributed by atoms with Gasteiger partial charge in [0.2, 0.25) is 0 Å². The highest BCUT2D eigenvalue weighted by Gasteiger charge is 2.21. The Labute approximate surface area is 248 Å². The summed E-state index contributed by atoms with van der Waals surface area (Å²) in [6, 6.07) is 27.7. The Kier molecular flexibility index (Phi) is 3.34. The van der Waals surface area contributed by atoms with Crippen molar-refractivity contribution in [1.29, 1.82) is 0 Å². The number of hydrogen-bond acceptors (Lipinski definition) is 1. The van der Waals surface area contributed by atoms with Gasteiger partial charge in [0.05, 0.1) is 11.0 Å². The van der Waals surface area contributed by atoms with Crippen molar-refractivity contribution in [3.8, 4) is 22.3 Å². The number of hydrogen-bond donors (Lipinski definition) is 0. The molecular weight excluding hydrogens is 496 g/mol. The van der Waals surface area contributed by atoms with E-state index in [1.807, 2.05) is 91.0 Å². The Hall–Kier alpha value is -5.40. The summed E-state index contributed by atoms with van der Waals surface area (Å²) in [6.45, 7) is 0. The van der Waals surface area contributed by atoms with E-state index in [-0.39, 0.29) is 45.7 Å². The second kappa shape index (κ2) is 8.55. The first-order chi connectivity index (χ1) is 23.7. The first-order valence-corrected chi connectivity index (χ1v) is 13.5. The lowest BCUT2D eigenvalue weighted by Gasteiger charge is -2.19. The van der Waals surface area contributed by atoms with Crippen LogP contribution in [0.25, 0.3) is 87.3 Å². The largest absolute Gasteiger partial charge is 0.456 e. The molecule has 1 heterocycles. The maximum Gasteiger partial charge on any atom is 0.136 e. The van der Waals surface area contributed by atoms with Crippen LogP contribution in [0.5, 0.6) is 0 Å². The molecule has 0 bridgehead atoms. The molecule has 0 atom stereocenters. The summed E-state index contributed by atoms with van der Waals surface area (Å²) < 4.78 is 79.1. The lowest BCUT2D eigenvalue weighted by atomic mass is 9.84. The minimum absolute atomic E-state index is 0.175. The van der Waals surface area contributed by atoms with E-state index >= 15 is 0 Å². The molecule has 0 unspecified atom stereocenters. The molecule has 0 saturated heterocycles. The van der Waals surface area contributed by atoms with E-state index < -0.39 is 24.2 Å². The van der Waals surface area contributed by atoms with E-state index in [1.54, 1.807) is 6.07 Å². The summed E-state index contributed by atoms with van der Waals surface area (Å²) >= 11 is 0. The molecule has 0 fully saturated rings. The van der Waals surface area contributed by atoms with Crippen molar-refractivity contribution in [2.24, 2.45) is 0 Å². The van der Waals surface area contributed by atoms with Gasteiger partial charge in [-0.15, -0.1) is 0 Å². The van der Waals surface area contributed by atoms with Gasteiger partial charge < -0.3 is 4.42 Å². The molecule has 0 N–H and O–H groups in total. The van der Waals surface area contributed by atoms with Crippen molar-refractivity contribution < 1.29 is 15.4 Å². The van der Waals surface area contributed by atoms with Gasteiger partial charge in [-0.1, -0.05) is 133 Å². The fourth-order valence-electron chi connectivity index (χ4n) is 6.40. The van der Waals surface area contributed by atoms with Gasteiger partial charge in [0.15, 0.2) is 0 Å². The van der Waals surface area contributed by atoms with Crippen LogP contribution in [0.3, 0.4) is 0 Å². The van der Waals surface area contributed by atoms with Crippen molar-refractivity contribution in [3.05, 3.63) is 145 Å². The standard InChI is InChI=1S/C40H24O/c1-3-14-27-25(11-1)13-9-20-29(27)37-30-16-5-7-18-32(30)38(33-19-8-6-17-31(33)37)34-21-10-22-35-40(34)39-28-15-4-2-12-26(28)23-24-36(39)41-35/h1-24H/i5D,6D,7D,8D,16D,17D,18D,19D. The third kappa shape index (κ3) is 3.18. The van der Waals surface area contributed by atoms with Crippen LogP contribution in [0.1, 0.15) is 11.0 Å². The van der Waals surface area contributed by atoms with E-state index in [1.165, 1.54) is 0 Å². The summed E-state index contributed by atoms with van der Waals surface area (Å²) in [6.07, 6.45) is 0. The Morgan fingerprint density at radius 2 is 0.902 bits per heavy atom. The van der Waals surface area contributed by atoms with Crippen LogP contribution in [0.15, 0.2) is 150 Å². The van der Waals surface area contributed by atoms with Crippen LogP contribution in [0, 0.1) is 0 Å². The zero-order valence-electron chi connectivity index (χ0n) is 29.6. The average molecular weight is 529 g/mol. The number of fused-ring (bicyclic) bond motifs is 8. The molecule has 190 valence electrons. The first-order valence-electron chi connectivity index (χ1n) is 17.5. The lowest BCUT2D eigenvalue weighted by molar-refractivity contribution is 0.669. The number of benzene rings is 8. The monoisotopic (exact) mass is 528 g/mol. The quantitative estimate of drug-likeness (QED) is 0.203. The van der Waals surface area contributed by atoms with Gasteiger partial charge in [0, 0.05) is 10.8 Å². The molecular formula is C40H24O. The van der Waals surface area contributed by atoms with Crippen LogP contribution < -0.4 is 0 Å². The maximum atomic E-state index is 9.39. The highest BCUT2D eigenvalue weighted by molar-refractivity contribution is 6.29. The maximum absolute atomic E-state index is 9.39. The molecule has 0 aliphatic heterocycles. The predicted octanol–water partition coefficient (Wildman–Crippen LogP) is 11.5. The highest BCUT2D eigenvalue weighted by Crippen LogP contribution is 2.48. The van der Waals surface area contributed by atoms with Gasteiger partial charge in [0.1, 0.15) is 11.2 Å². The van der Waals surface area contributed by atoms with E-state index in [2.05, 4.69) is 0 Å². The smallest absolute Gasteiger partial charge is 0.136 e. The van der Waals surface area contributed by atoms with Crippen molar-refractivity contribution in [2.45, 2.75) is 0 Å². The molecule has 0 radical (unpaired) electrons. The third-order valence-electron chi connectivity index (χ3n) is 8.09. The van der Waals surface area contributed by atoms with Crippen LogP contribution >= 0.6 is 0 Å². The molecule has 9 rings (SSSR count). The topological polar surface area (TPSA) is 13.1 Å². The molecule has 8 aromatic carbocycles. The zero-order valence-corrected chi connectivity index (χ0v) is 21.6. The van der Waals surface area contributed by atoms with Crippen molar-refractivity contribution >= 4 is 65.0 Å². The SMILES string of the molecule is [2H]c1c([2H])c([2H])c2c(-c3cccc4oc5ccc6ccccc6c5c34)c3c([2H])c([2H])c([2H])c([2H])c3c(-c3cccc4ccccc34)c2c1[2H]. The fraction of sp³-hybridized carbons (Fsp3) is 0. The summed E-state index contributed by atoms with van der Waals surface area (Å²) in [7, 11) is 0. The first kappa shape index (κ1) is 16.0. The zero-order chi connectivity index (χ0) is 33.9. The molecule has 1 nitrogen and oxygen atoms in total. The second-order valence-corrected chi connectivity index (χ2v) is 10.2. The summed E-state index contributed by atoms with van der Waals surface area (Å²) in [5, 5.41) is 5.80. The third-order valence-corrected chi connectivity index (χ3v) is 8.09. The van der Waals surface area contributed by atoms with Crippen LogP contribution in [0.2, 0.25) is 0 Å². The Morgan fingerprint density at radius 3 is 1.61 bits per heavy atom. The fourth-order valence-corrected chi connectivity index (χ4v) is 6.40.